The number of pyridine rings is 1. The second-order valence-electron chi connectivity index (χ2n) is 4.75. The summed E-state index contributed by atoms with van der Waals surface area (Å²) in [7, 11) is 0. The average molecular weight is 235 g/mol. The van der Waals surface area contributed by atoms with Crippen molar-refractivity contribution in [2.24, 2.45) is 0 Å². The molecule has 0 atom stereocenters. The number of carbonyl (C=O) groups is 1. The van der Waals surface area contributed by atoms with Crippen LogP contribution in [-0.2, 0) is 24.4 Å². The number of halogens is 1. The topological polar surface area (TPSA) is 36.4 Å². The molecule has 1 amide bonds. The molecule has 0 saturated carbocycles. The van der Waals surface area contributed by atoms with Gasteiger partial charge in [-0.2, -0.15) is 0 Å². The van der Waals surface area contributed by atoms with E-state index in [1.54, 1.807) is 4.90 Å². The van der Waals surface area contributed by atoms with Gasteiger partial charge in [0.05, 0.1) is 5.69 Å². The first-order valence-corrected chi connectivity index (χ1v) is 5.77. The normalized spacial score (nSPS) is 20.2. The Kier molecular flexibility index (Phi) is 2.55. The Morgan fingerprint density at radius 1 is 1.41 bits per heavy atom. The number of hydrogen-bond acceptors (Lipinski definition) is 3. The fourth-order valence-corrected chi connectivity index (χ4v) is 2.38. The van der Waals surface area contributed by atoms with E-state index in [4.69, 9.17) is 0 Å². The zero-order valence-corrected chi connectivity index (χ0v) is 9.47. The highest BCUT2D eigenvalue weighted by atomic mass is 19.1. The quantitative estimate of drug-likeness (QED) is 0.724. The SMILES string of the molecule is O=CN1Cc2cnc(CN3CC(F)C3)cc2C1. The van der Waals surface area contributed by atoms with Crippen LogP contribution >= 0.6 is 0 Å². The molecule has 3 rings (SSSR count). The molecule has 5 heteroatoms. The molecule has 1 aromatic heterocycles. The minimum atomic E-state index is -0.671. The average Bonchev–Trinajstić information content (AvgIpc) is 2.69. The lowest BCUT2D eigenvalue weighted by Crippen LogP contribution is -2.47. The van der Waals surface area contributed by atoms with Crippen LogP contribution in [-0.4, -0.2) is 40.5 Å². The van der Waals surface area contributed by atoms with E-state index in [1.807, 2.05) is 17.2 Å². The van der Waals surface area contributed by atoms with Gasteiger partial charge >= 0.3 is 0 Å². The first kappa shape index (κ1) is 10.7. The van der Waals surface area contributed by atoms with Crippen LogP contribution in [0.3, 0.4) is 0 Å². The van der Waals surface area contributed by atoms with Gasteiger partial charge in [0.1, 0.15) is 6.17 Å². The zero-order valence-electron chi connectivity index (χ0n) is 9.47. The van der Waals surface area contributed by atoms with Gasteiger partial charge in [-0.15, -0.1) is 0 Å². The maximum Gasteiger partial charge on any atom is 0.210 e. The highest BCUT2D eigenvalue weighted by molar-refractivity contribution is 5.50. The molecule has 0 N–H and O–H groups in total. The lowest BCUT2D eigenvalue weighted by Gasteiger charge is -2.33. The number of aromatic nitrogens is 1. The summed E-state index contributed by atoms with van der Waals surface area (Å²) >= 11 is 0. The van der Waals surface area contributed by atoms with Crippen molar-refractivity contribution in [3.63, 3.8) is 0 Å². The third kappa shape index (κ3) is 2.02. The van der Waals surface area contributed by atoms with E-state index in [9.17, 15) is 9.18 Å². The van der Waals surface area contributed by atoms with Gasteiger partial charge in [-0.3, -0.25) is 14.7 Å². The molecule has 0 radical (unpaired) electrons. The second kappa shape index (κ2) is 4.07. The maximum atomic E-state index is 12.7. The minimum Gasteiger partial charge on any atom is -0.337 e. The van der Waals surface area contributed by atoms with Crippen LogP contribution in [0.15, 0.2) is 12.3 Å². The van der Waals surface area contributed by atoms with E-state index >= 15 is 0 Å². The highest BCUT2D eigenvalue weighted by Crippen LogP contribution is 2.22. The van der Waals surface area contributed by atoms with Gasteiger partial charge in [0.25, 0.3) is 0 Å². The summed E-state index contributed by atoms with van der Waals surface area (Å²) in [5.74, 6) is 0. The van der Waals surface area contributed by atoms with E-state index in [-0.39, 0.29) is 0 Å². The summed E-state index contributed by atoms with van der Waals surface area (Å²) in [4.78, 5) is 18.8. The molecule has 2 aliphatic rings. The van der Waals surface area contributed by atoms with Crippen molar-refractivity contribution >= 4 is 6.41 Å². The Morgan fingerprint density at radius 2 is 2.18 bits per heavy atom. The Bertz CT molecular complexity index is 445. The summed E-state index contributed by atoms with van der Waals surface area (Å²) < 4.78 is 12.7. The fraction of sp³-hybridized carbons (Fsp3) is 0.500. The number of amides is 1. The Labute approximate surface area is 99.0 Å². The van der Waals surface area contributed by atoms with E-state index in [0.717, 1.165) is 17.7 Å². The summed E-state index contributed by atoms with van der Waals surface area (Å²) in [5, 5.41) is 0. The molecule has 0 bridgehead atoms. The number of rotatable bonds is 3. The van der Waals surface area contributed by atoms with E-state index in [0.29, 0.717) is 32.7 Å². The number of fused-ring (bicyclic) bond motifs is 1. The zero-order chi connectivity index (χ0) is 11.8. The molecule has 0 unspecified atom stereocenters. The number of alkyl halides is 1. The third-order valence-electron chi connectivity index (χ3n) is 3.33. The summed E-state index contributed by atoms with van der Waals surface area (Å²) in [6.07, 6.45) is 2.03. The minimum absolute atomic E-state index is 0.513. The molecule has 90 valence electrons. The molecule has 3 heterocycles. The summed E-state index contributed by atoms with van der Waals surface area (Å²) in [6, 6.07) is 2.03. The highest BCUT2D eigenvalue weighted by Gasteiger charge is 2.26. The summed E-state index contributed by atoms with van der Waals surface area (Å²) in [5.41, 5.74) is 3.25. The first-order valence-electron chi connectivity index (χ1n) is 5.77. The predicted molar refractivity (Wildman–Crippen MR) is 59.7 cm³/mol. The molecule has 4 nitrogen and oxygen atoms in total. The van der Waals surface area contributed by atoms with Crippen molar-refractivity contribution in [1.82, 2.24) is 14.8 Å². The van der Waals surface area contributed by atoms with Gasteiger partial charge in [-0.05, 0) is 17.2 Å². The van der Waals surface area contributed by atoms with Gasteiger partial charge in [-0.1, -0.05) is 0 Å². The van der Waals surface area contributed by atoms with Crippen LogP contribution in [0.5, 0.6) is 0 Å². The molecule has 17 heavy (non-hydrogen) atoms. The van der Waals surface area contributed by atoms with Crippen LogP contribution in [0.4, 0.5) is 4.39 Å². The second-order valence-corrected chi connectivity index (χ2v) is 4.75. The lowest BCUT2D eigenvalue weighted by molar-refractivity contribution is -0.118. The fourth-order valence-electron chi connectivity index (χ4n) is 2.38. The molecule has 1 aromatic rings. The number of likely N-dealkylation sites (tertiary alicyclic amines) is 1. The van der Waals surface area contributed by atoms with Gasteiger partial charge in [0.15, 0.2) is 0 Å². The third-order valence-corrected chi connectivity index (χ3v) is 3.33. The number of carbonyl (C=O) groups excluding carboxylic acids is 1. The van der Waals surface area contributed by atoms with Crippen LogP contribution < -0.4 is 0 Å². The van der Waals surface area contributed by atoms with Gasteiger partial charge in [0.2, 0.25) is 6.41 Å². The smallest absolute Gasteiger partial charge is 0.210 e. The van der Waals surface area contributed by atoms with Crippen LogP contribution in [0.1, 0.15) is 16.8 Å². The van der Waals surface area contributed by atoms with Crippen LogP contribution in [0, 0.1) is 0 Å². The predicted octanol–water partition coefficient (Wildman–Crippen LogP) is 0.707. The van der Waals surface area contributed by atoms with Crippen LogP contribution in [0.2, 0.25) is 0 Å². The van der Waals surface area contributed by atoms with Crippen molar-refractivity contribution < 1.29 is 9.18 Å². The Morgan fingerprint density at radius 3 is 2.88 bits per heavy atom. The van der Waals surface area contributed by atoms with Crippen molar-refractivity contribution in [3.8, 4) is 0 Å². The molecule has 0 aromatic carbocycles. The Balaban J connectivity index is 1.70. The maximum absolute atomic E-state index is 12.7. The van der Waals surface area contributed by atoms with Gasteiger partial charge in [-0.25, -0.2) is 4.39 Å². The largest absolute Gasteiger partial charge is 0.337 e. The van der Waals surface area contributed by atoms with E-state index in [1.165, 1.54) is 5.56 Å². The molecule has 1 fully saturated rings. The molecular weight excluding hydrogens is 221 g/mol. The molecule has 2 aliphatic heterocycles. The monoisotopic (exact) mass is 235 g/mol. The van der Waals surface area contributed by atoms with Crippen LogP contribution in [0.25, 0.3) is 0 Å². The van der Waals surface area contributed by atoms with Crippen molar-refractivity contribution in [3.05, 3.63) is 29.1 Å². The van der Waals surface area contributed by atoms with E-state index in [2.05, 4.69) is 4.98 Å². The molecular formula is C12H14FN3O. The first-order chi connectivity index (χ1) is 8.24. The molecule has 0 spiro atoms. The number of nitrogens with zero attached hydrogens (tertiary/aromatic N) is 3. The van der Waals surface area contributed by atoms with Gasteiger partial charge < -0.3 is 4.90 Å². The lowest BCUT2D eigenvalue weighted by atomic mass is 10.1. The molecule has 0 aliphatic carbocycles. The summed E-state index contributed by atoms with van der Waals surface area (Å²) in [6.45, 7) is 3.05. The molecule has 1 saturated heterocycles. The van der Waals surface area contributed by atoms with Crippen molar-refractivity contribution in [1.29, 1.82) is 0 Å². The van der Waals surface area contributed by atoms with Crippen molar-refractivity contribution in [2.45, 2.75) is 25.8 Å². The Hall–Kier alpha value is -1.49. The van der Waals surface area contributed by atoms with E-state index < -0.39 is 6.17 Å². The standard InChI is InChI=1S/C12H14FN3O/c13-11-5-15(6-11)7-12-1-9-3-16(8-17)4-10(9)2-14-12/h1-2,8,11H,3-7H2. The van der Waals surface area contributed by atoms with Gasteiger partial charge in [0, 0.05) is 38.9 Å². The van der Waals surface area contributed by atoms with Crippen molar-refractivity contribution in [2.75, 3.05) is 13.1 Å². The number of hydrogen-bond donors (Lipinski definition) is 0.